The molecule has 0 radical (unpaired) electrons. The molecule has 106 valence electrons. The lowest BCUT2D eigenvalue weighted by molar-refractivity contribution is -0.122. The van der Waals surface area contributed by atoms with Gasteiger partial charge in [0.25, 0.3) is 0 Å². The lowest BCUT2D eigenvalue weighted by Crippen LogP contribution is -2.33. The Hall–Kier alpha value is -0.580. The van der Waals surface area contributed by atoms with Gasteiger partial charge in [0.05, 0.1) is 10.9 Å². The zero-order valence-electron chi connectivity index (χ0n) is 11.2. The summed E-state index contributed by atoms with van der Waals surface area (Å²) in [6.45, 7) is 4.96. The summed E-state index contributed by atoms with van der Waals surface area (Å²) < 4.78 is 0.771. The second-order valence-corrected chi connectivity index (χ2v) is 7.05. The molecule has 2 heterocycles. The van der Waals surface area contributed by atoms with E-state index in [1.54, 1.807) is 0 Å². The second-order valence-electron chi connectivity index (χ2n) is 5.25. The van der Waals surface area contributed by atoms with Crippen molar-refractivity contribution < 1.29 is 4.79 Å². The van der Waals surface area contributed by atoms with Crippen LogP contribution in [0.3, 0.4) is 0 Å². The Balaban J connectivity index is 1.71. The molecule has 1 aliphatic rings. The van der Waals surface area contributed by atoms with Crippen LogP contribution in [0.15, 0.2) is 12.1 Å². The minimum atomic E-state index is 0.149. The first-order valence-corrected chi connectivity index (χ1v) is 8.06. The Morgan fingerprint density at radius 1 is 1.53 bits per heavy atom. The molecule has 0 aromatic carbocycles. The SMILES string of the molecule is CC(CC(=O)NCc1ccc(Cl)s1)C1CCNCC1. The van der Waals surface area contributed by atoms with Crippen LogP contribution in [0.25, 0.3) is 0 Å². The monoisotopic (exact) mass is 300 g/mol. The molecule has 2 N–H and O–H groups in total. The molecule has 1 aromatic rings. The highest BCUT2D eigenvalue weighted by atomic mass is 35.5. The van der Waals surface area contributed by atoms with Crippen LogP contribution in [0.4, 0.5) is 0 Å². The van der Waals surface area contributed by atoms with Gasteiger partial charge < -0.3 is 10.6 Å². The molecule has 0 aliphatic carbocycles. The highest BCUT2D eigenvalue weighted by Crippen LogP contribution is 2.24. The molecule has 5 heteroatoms. The number of hydrogen-bond donors (Lipinski definition) is 2. The topological polar surface area (TPSA) is 41.1 Å². The fraction of sp³-hybridized carbons (Fsp3) is 0.643. The van der Waals surface area contributed by atoms with Crippen molar-refractivity contribution in [3.05, 3.63) is 21.3 Å². The van der Waals surface area contributed by atoms with Crippen molar-refractivity contribution in [2.75, 3.05) is 13.1 Å². The Morgan fingerprint density at radius 3 is 2.89 bits per heavy atom. The zero-order chi connectivity index (χ0) is 13.7. The fourth-order valence-corrected chi connectivity index (χ4v) is 3.60. The van der Waals surface area contributed by atoms with E-state index in [1.165, 1.54) is 24.2 Å². The number of carbonyl (C=O) groups is 1. The van der Waals surface area contributed by atoms with Crippen LogP contribution in [0.5, 0.6) is 0 Å². The minimum Gasteiger partial charge on any atom is -0.351 e. The lowest BCUT2D eigenvalue weighted by Gasteiger charge is -2.27. The van der Waals surface area contributed by atoms with Crippen molar-refractivity contribution in [1.29, 1.82) is 0 Å². The molecule has 3 nitrogen and oxygen atoms in total. The highest BCUT2D eigenvalue weighted by Gasteiger charge is 2.21. The summed E-state index contributed by atoms with van der Waals surface area (Å²) in [7, 11) is 0. The molecule has 1 atom stereocenters. The third kappa shape index (κ3) is 4.79. The third-order valence-corrected chi connectivity index (χ3v) is 5.02. The molecular formula is C14H21ClN2OS. The van der Waals surface area contributed by atoms with Gasteiger partial charge in [-0.1, -0.05) is 18.5 Å². The van der Waals surface area contributed by atoms with E-state index in [0.717, 1.165) is 22.3 Å². The van der Waals surface area contributed by atoms with E-state index < -0.39 is 0 Å². The Bertz CT molecular complexity index is 415. The molecule has 0 bridgehead atoms. The maximum atomic E-state index is 11.9. The standard InChI is InChI=1S/C14H21ClN2OS/c1-10(11-4-6-16-7-5-11)8-14(18)17-9-12-2-3-13(15)19-12/h2-3,10-11,16H,4-9H2,1H3,(H,17,18). The summed E-state index contributed by atoms with van der Waals surface area (Å²) in [6.07, 6.45) is 3.01. The number of piperidine rings is 1. The Morgan fingerprint density at radius 2 is 2.26 bits per heavy atom. The highest BCUT2D eigenvalue weighted by molar-refractivity contribution is 7.16. The first kappa shape index (κ1) is 14.8. The summed E-state index contributed by atoms with van der Waals surface area (Å²) in [5, 5.41) is 6.34. The number of rotatable bonds is 5. The molecule has 1 amide bonds. The van der Waals surface area contributed by atoms with E-state index in [0.29, 0.717) is 24.8 Å². The van der Waals surface area contributed by atoms with Crippen molar-refractivity contribution in [3.8, 4) is 0 Å². The second kappa shape index (κ2) is 7.27. The number of nitrogens with one attached hydrogen (secondary N) is 2. The quantitative estimate of drug-likeness (QED) is 0.877. The maximum absolute atomic E-state index is 11.9. The smallest absolute Gasteiger partial charge is 0.220 e. The molecule has 1 aromatic heterocycles. The molecule has 1 aliphatic heterocycles. The normalized spacial score (nSPS) is 18.2. The van der Waals surface area contributed by atoms with E-state index in [4.69, 9.17) is 11.6 Å². The molecule has 0 spiro atoms. The molecule has 2 rings (SSSR count). The van der Waals surface area contributed by atoms with E-state index in [9.17, 15) is 4.79 Å². The summed E-state index contributed by atoms with van der Waals surface area (Å²) in [4.78, 5) is 13.0. The van der Waals surface area contributed by atoms with Crippen molar-refractivity contribution >= 4 is 28.8 Å². The minimum absolute atomic E-state index is 0.149. The summed E-state index contributed by atoms with van der Waals surface area (Å²) in [5.74, 6) is 1.30. The van der Waals surface area contributed by atoms with Gasteiger partial charge in [-0.2, -0.15) is 0 Å². The fourth-order valence-electron chi connectivity index (χ4n) is 2.58. The molecule has 1 unspecified atom stereocenters. The average molecular weight is 301 g/mol. The molecular weight excluding hydrogens is 280 g/mol. The van der Waals surface area contributed by atoms with E-state index in [1.807, 2.05) is 12.1 Å². The first-order chi connectivity index (χ1) is 9.15. The van der Waals surface area contributed by atoms with Gasteiger partial charge >= 0.3 is 0 Å². The summed E-state index contributed by atoms with van der Waals surface area (Å²) >= 11 is 7.38. The van der Waals surface area contributed by atoms with Gasteiger partial charge in [0.2, 0.25) is 5.91 Å². The van der Waals surface area contributed by atoms with Crippen molar-refractivity contribution in [2.24, 2.45) is 11.8 Å². The van der Waals surface area contributed by atoms with Gasteiger partial charge in [-0.15, -0.1) is 11.3 Å². The van der Waals surface area contributed by atoms with Crippen LogP contribution in [0, 0.1) is 11.8 Å². The van der Waals surface area contributed by atoms with Gasteiger partial charge in [-0.05, 0) is 49.9 Å². The van der Waals surface area contributed by atoms with E-state index in [-0.39, 0.29) is 5.91 Å². The predicted octanol–water partition coefficient (Wildman–Crippen LogP) is 3.04. The molecule has 19 heavy (non-hydrogen) atoms. The van der Waals surface area contributed by atoms with Gasteiger partial charge in [0.15, 0.2) is 0 Å². The predicted molar refractivity (Wildman–Crippen MR) is 80.6 cm³/mol. The number of thiophene rings is 1. The van der Waals surface area contributed by atoms with Crippen LogP contribution in [0.2, 0.25) is 4.34 Å². The van der Waals surface area contributed by atoms with Crippen LogP contribution in [0.1, 0.15) is 31.1 Å². The van der Waals surface area contributed by atoms with Gasteiger partial charge in [-0.25, -0.2) is 0 Å². The average Bonchev–Trinajstić information content (AvgIpc) is 2.83. The van der Waals surface area contributed by atoms with Crippen molar-refractivity contribution in [2.45, 2.75) is 32.7 Å². The van der Waals surface area contributed by atoms with E-state index in [2.05, 4.69) is 17.6 Å². The summed E-state index contributed by atoms with van der Waals surface area (Å²) in [6, 6.07) is 3.83. The van der Waals surface area contributed by atoms with Crippen molar-refractivity contribution in [1.82, 2.24) is 10.6 Å². The number of amides is 1. The maximum Gasteiger partial charge on any atom is 0.220 e. The van der Waals surface area contributed by atoms with Crippen LogP contribution >= 0.6 is 22.9 Å². The number of carbonyl (C=O) groups excluding carboxylic acids is 1. The Labute approximate surface area is 123 Å². The number of hydrogen-bond acceptors (Lipinski definition) is 3. The first-order valence-electron chi connectivity index (χ1n) is 6.87. The van der Waals surface area contributed by atoms with Gasteiger partial charge in [-0.3, -0.25) is 4.79 Å². The van der Waals surface area contributed by atoms with Crippen LogP contribution in [-0.2, 0) is 11.3 Å². The third-order valence-electron chi connectivity index (χ3n) is 3.78. The van der Waals surface area contributed by atoms with Gasteiger partial charge in [0, 0.05) is 11.3 Å². The molecule has 1 saturated heterocycles. The summed E-state index contributed by atoms with van der Waals surface area (Å²) in [5.41, 5.74) is 0. The molecule has 0 saturated carbocycles. The lowest BCUT2D eigenvalue weighted by atomic mass is 9.84. The number of halogens is 1. The van der Waals surface area contributed by atoms with Crippen molar-refractivity contribution in [3.63, 3.8) is 0 Å². The Kier molecular flexibility index (Phi) is 5.67. The van der Waals surface area contributed by atoms with Gasteiger partial charge in [0.1, 0.15) is 0 Å². The van der Waals surface area contributed by atoms with Crippen LogP contribution in [-0.4, -0.2) is 19.0 Å². The zero-order valence-corrected chi connectivity index (χ0v) is 12.8. The largest absolute Gasteiger partial charge is 0.351 e. The molecule has 1 fully saturated rings. The van der Waals surface area contributed by atoms with Crippen LogP contribution < -0.4 is 10.6 Å². The van der Waals surface area contributed by atoms with E-state index >= 15 is 0 Å².